The summed E-state index contributed by atoms with van der Waals surface area (Å²) in [6, 6.07) is 13.7. The van der Waals surface area contributed by atoms with Gasteiger partial charge in [0.1, 0.15) is 22.1 Å². The molecule has 0 unspecified atom stereocenters. The summed E-state index contributed by atoms with van der Waals surface area (Å²) in [5.41, 5.74) is 4.22. The molecular weight excluding hydrogens is 393 g/mol. The zero-order chi connectivity index (χ0) is 19.7. The number of carbonyl (C=O) groups excluding carboxylic acids is 1. The van der Waals surface area contributed by atoms with Crippen LogP contribution in [0.15, 0.2) is 53.6 Å². The second kappa shape index (κ2) is 7.77. The molecule has 2 heterocycles. The first kappa shape index (κ1) is 18.7. The van der Waals surface area contributed by atoms with E-state index in [1.807, 2.05) is 38.1 Å². The lowest BCUT2D eigenvalue weighted by atomic mass is 10.1. The Kier molecular flexibility index (Phi) is 5.19. The van der Waals surface area contributed by atoms with Crippen molar-refractivity contribution in [2.24, 2.45) is 0 Å². The van der Waals surface area contributed by atoms with Crippen LogP contribution in [0.2, 0.25) is 0 Å². The lowest BCUT2D eigenvalue weighted by molar-refractivity contribution is 0.102. The highest BCUT2D eigenvalue weighted by atomic mass is 32.2. The van der Waals surface area contributed by atoms with E-state index >= 15 is 0 Å². The van der Waals surface area contributed by atoms with Gasteiger partial charge in [-0.25, -0.2) is 9.37 Å². The van der Waals surface area contributed by atoms with Crippen molar-refractivity contribution in [3.8, 4) is 11.3 Å². The number of aryl methyl sites for hydroxylation is 2. The molecule has 0 radical (unpaired) electrons. The molecule has 0 N–H and O–H groups in total. The van der Waals surface area contributed by atoms with Crippen LogP contribution in [0.25, 0.3) is 21.5 Å². The summed E-state index contributed by atoms with van der Waals surface area (Å²) < 4.78 is 14.0. The predicted molar refractivity (Wildman–Crippen MR) is 112 cm³/mol. The molecule has 7 heteroatoms. The summed E-state index contributed by atoms with van der Waals surface area (Å²) >= 11 is 2.87. The number of hydrogen-bond acceptors (Lipinski definition) is 6. The quantitative estimate of drug-likeness (QED) is 0.322. The number of hydrogen-bond donors (Lipinski definition) is 0. The molecule has 2 aromatic carbocycles. The van der Waals surface area contributed by atoms with Crippen molar-refractivity contribution in [2.75, 3.05) is 5.75 Å². The lowest BCUT2D eigenvalue weighted by Crippen LogP contribution is -2.03. The van der Waals surface area contributed by atoms with E-state index < -0.39 is 0 Å². The Labute approximate surface area is 169 Å². The fourth-order valence-electron chi connectivity index (χ4n) is 2.77. The first-order chi connectivity index (χ1) is 13.5. The first-order valence-corrected chi connectivity index (χ1v) is 10.4. The van der Waals surface area contributed by atoms with Crippen molar-refractivity contribution < 1.29 is 9.18 Å². The van der Waals surface area contributed by atoms with Crippen LogP contribution in [0.3, 0.4) is 0 Å². The fraction of sp³-hybridized carbons (Fsp3) is 0.143. The van der Waals surface area contributed by atoms with Crippen LogP contribution in [0.4, 0.5) is 4.39 Å². The smallest absolute Gasteiger partial charge is 0.173 e. The molecule has 0 bridgehead atoms. The second-order valence-corrected chi connectivity index (χ2v) is 8.52. The Morgan fingerprint density at radius 1 is 1.04 bits per heavy atom. The van der Waals surface area contributed by atoms with E-state index in [9.17, 15) is 9.18 Å². The van der Waals surface area contributed by atoms with E-state index in [0.717, 1.165) is 26.5 Å². The standard InChI is InChI=1S/C21H16FN3OS2/c1-12-3-5-15(6-4-12)18-20-19(23-13(2)28-20)21(25-24-18)27-11-17(26)14-7-9-16(22)10-8-14/h3-10H,11H2,1-2H3. The fourth-order valence-corrected chi connectivity index (χ4v) is 4.58. The third-order valence-corrected chi connectivity index (χ3v) is 6.16. The number of Topliss-reactive ketones (excluding diaryl/α,β-unsaturated/α-hetero) is 1. The van der Waals surface area contributed by atoms with E-state index in [-0.39, 0.29) is 17.4 Å². The van der Waals surface area contributed by atoms with Crippen molar-refractivity contribution in [2.45, 2.75) is 18.9 Å². The van der Waals surface area contributed by atoms with Crippen LogP contribution < -0.4 is 0 Å². The van der Waals surface area contributed by atoms with Crippen LogP contribution in [-0.4, -0.2) is 26.7 Å². The molecule has 4 aromatic rings. The molecular formula is C21H16FN3OS2. The molecule has 0 saturated carbocycles. The van der Waals surface area contributed by atoms with E-state index in [1.54, 1.807) is 11.3 Å². The van der Waals surface area contributed by atoms with E-state index in [2.05, 4.69) is 15.2 Å². The molecule has 0 spiro atoms. The van der Waals surface area contributed by atoms with Gasteiger partial charge in [0, 0.05) is 11.1 Å². The largest absolute Gasteiger partial charge is 0.293 e. The van der Waals surface area contributed by atoms with Gasteiger partial charge in [0.15, 0.2) is 5.78 Å². The molecule has 2 aromatic heterocycles. The summed E-state index contributed by atoms with van der Waals surface area (Å²) in [5.74, 6) is -0.258. The third-order valence-electron chi connectivity index (χ3n) is 4.22. The zero-order valence-corrected chi connectivity index (χ0v) is 16.9. The molecule has 4 nitrogen and oxygen atoms in total. The Morgan fingerprint density at radius 3 is 2.46 bits per heavy atom. The van der Waals surface area contributed by atoms with Crippen LogP contribution in [0.5, 0.6) is 0 Å². The maximum atomic E-state index is 13.0. The predicted octanol–water partition coefficient (Wildman–Crippen LogP) is 5.48. The number of thiazole rings is 1. The monoisotopic (exact) mass is 409 g/mol. The molecule has 0 fully saturated rings. The molecule has 0 amide bonds. The Bertz CT molecular complexity index is 1150. The molecule has 28 heavy (non-hydrogen) atoms. The lowest BCUT2D eigenvalue weighted by Gasteiger charge is -2.05. The number of benzene rings is 2. The van der Waals surface area contributed by atoms with Gasteiger partial charge in [-0.3, -0.25) is 4.79 Å². The normalized spacial score (nSPS) is 11.1. The van der Waals surface area contributed by atoms with Crippen molar-refractivity contribution in [3.05, 3.63) is 70.5 Å². The Morgan fingerprint density at radius 2 is 1.75 bits per heavy atom. The van der Waals surface area contributed by atoms with Gasteiger partial charge in [-0.1, -0.05) is 41.6 Å². The summed E-state index contributed by atoms with van der Waals surface area (Å²) in [4.78, 5) is 17.0. The van der Waals surface area contributed by atoms with Crippen LogP contribution >= 0.6 is 23.1 Å². The van der Waals surface area contributed by atoms with Crippen molar-refractivity contribution >= 4 is 39.1 Å². The molecule has 4 rings (SSSR count). The minimum atomic E-state index is -0.360. The average Bonchev–Trinajstić information content (AvgIpc) is 3.09. The number of fused-ring (bicyclic) bond motifs is 1. The molecule has 140 valence electrons. The molecule has 0 saturated heterocycles. The minimum Gasteiger partial charge on any atom is -0.293 e. The summed E-state index contributed by atoms with van der Waals surface area (Å²) in [5, 5.41) is 10.3. The van der Waals surface area contributed by atoms with Crippen LogP contribution in [0, 0.1) is 19.7 Å². The average molecular weight is 410 g/mol. The van der Waals surface area contributed by atoms with E-state index in [4.69, 9.17) is 0 Å². The minimum absolute atomic E-state index is 0.0884. The number of carbonyl (C=O) groups is 1. The van der Waals surface area contributed by atoms with Crippen LogP contribution in [-0.2, 0) is 0 Å². The van der Waals surface area contributed by atoms with Gasteiger partial charge in [-0.05, 0) is 38.1 Å². The maximum absolute atomic E-state index is 13.0. The van der Waals surface area contributed by atoms with Gasteiger partial charge in [0.2, 0.25) is 0 Å². The van der Waals surface area contributed by atoms with Gasteiger partial charge in [-0.2, -0.15) is 0 Å². The summed E-state index contributed by atoms with van der Waals surface area (Å²) in [7, 11) is 0. The number of halogens is 1. The third kappa shape index (κ3) is 3.81. The van der Waals surface area contributed by atoms with E-state index in [1.165, 1.54) is 41.6 Å². The Balaban J connectivity index is 1.63. The number of aromatic nitrogens is 3. The van der Waals surface area contributed by atoms with Gasteiger partial charge >= 0.3 is 0 Å². The van der Waals surface area contributed by atoms with Crippen LogP contribution in [0.1, 0.15) is 20.9 Å². The summed E-state index contributed by atoms with van der Waals surface area (Å²) in [6.07, 6.45) is 0. The van der Waals surface area contributed by atoms with Crippen molar-refractivity contribution in [3.63, 3.8) is 0 Å². The van der Waals surface area contributed by atoms with Gasteiger partial charge < -0.3 is 0 Å². The number of ketones is 1. The SMILES string of the molecule is Cc1ccc(-c2nnc(SCC(=O)c3ccc(F)cc3)c3nc(C)sc23)cc1. The molecule has 0 aliphatic carbocycles. The summed E-state index contributed by atoms with van der Waals surface area (Å²) in [6.45, 7) is 3.99. The number of nitrogens with zero attached hydrogens (tertiary/aromatic N) is 3. The molecule has 0 aliphatic rings. The highest BCUT2D eigenvalue weighted by Crippen LogP contribution is 2.35. The molecule has 0 aliphatic heterocycles. The Hall–Kier alpha value is -2.64. The highest BCUT2D eigenvalue weighted by molar-refractivity contribution is 8.00. The number of thioether (sulfide) groups is 1. The van der Waals surface area contributed by atoms with Crippen molar-refractivity contribution in [1.82, 2.24) is 15.2 Å². The topological polar surface area (TPSA) is 55.7 Å². The first-order valence-electron chi connectivity index (χ1n) is 8.63. The van der Waals surface area contributed by atoms with Gasteiger partial charge in [0.25, 0.3) is 0 Å². The van der Waals surface area contributed by atoms with E-state index in [0.29, 0.717) is 10.6 Å². The second-order valence-electron chi connectivity index (χ2n) is 6.35. The van der Waals surface area contributed by atoms with Gasteiger partial charge in [0.05, 0.1) is 15.5 Å². The van der Waals surface area contributed by atoms with Crippen molar-refractivity contribution in [1.29, 1.82) is 0 Å². The molecule has 0 atom stereocenters. The zero-order valence-electron chi connectivity index (χ0n) is 15.3. The highest BCUT2D eigenvalue weighted by Gasteiger charge is 2.17. The van der Waals surface area contributed by atoms with Gasteiger partial charge in [-0.15, -0.1) is 21.5 Å². The maximum Gasteiger partial charge on any atom is 0.173 e. The number of rotatable bonds is 5.